The second-order valence-corrected chi connectivity index (χ2v) is 7.28. The zero-order valence-corrected chi connectivity index (χ0v) is 15.4. The molecule has 0 radical (unpaired) electrons. The molecule has 2 aliphatic rings. The molecule has 2 amide bonds. The van der Waals surface area contributed by atoms with Crippen molar-refractivity contribution < 1.29 is 18.7 Å². The highest BCUT2D eigenvalue weighted by molar-refractivity contribution is 5.96. The molecule has 7 nitrogen and oxygen atoms in total. The van der Waals surface area contributed by atoms with E-state index < -0.39 is 11.4 Å². The first-order valence-corrected chi connectivity index (χ1v) is 9.03. The molecule has 1 aromatic heterocycles. The van der Waals surface area contributed by atoms with Crippen molar-refractivity contribution in [3.63, 3.8) is 0 Å². The van der Waals surface area contributed by atoms with Gasteiger partial charge in [-0.1, -0.05) is 6.07 Å². The van der Waals surface area contributed by atoms with Gasteiger partial charge in [-0.15, -0.1) is 0 Å². The molecule has 2 aromatic rings. The molecular weight excluding hydrogens is 365 g/mol. The van der Waals surface area contributed by atoms with Crippen LogP contribution >= 0.6 is 0 Å². The molecule has 3 heterocycles. The van der Waals surface area contributed by atoms with E-state index >= 15 is 0 Å². The van der Waals surface area contributed by atoms with Crippen LogP contribution in [-0.4, -0.2) is 53.1 Å². The highest BCUT2D eigenvalue weighted by Crippen LogP contribution is 2.32. The van der Waals surface area contributed by atoms with E-state index in [1.165, 1.54) is 39.9 Å². The van der Waals surface area contributed by atoms with Gasteiger partial charge in [0.15, 0.2) is 0 Å². The zero-order valence-electron chi connectivity index (χ0n) is 15.4. The molecule has 8 heteroatoms. The second kappa shape index (κ2) is 6.87. The molecule has 146 valence electrons. The Labute approximate surface area is 160 Å². The smallest absolute Gasteiger partial charge is 0.255 e. The van der Waals surface area contributed by atoms with Crippen molar-refractivity contribution in [1.82, 2.24) is 9.47 Å². The number of amides is 2. The van der Waals surface area contributed by atoms with E-state index in [1.807, 2.05) is 0 Å². The van der Waals surface area contributed by atoms with Gasteiger partial charge in [0.2, 0.25) is 5.56 Å². The highest BCUT2D eigenvalue weighted by Gasteiger charge is 2.46. The molecule has 2 aliphatic heterocycles. The lowest BCUT2D eigenvalue weighted by Crippen LogP contribution is -2.56. The third-order valence-electron chi connectivity index (χ3n) is 5.31. The first-order valence-electron chi connectivity index (χ1n) is 9.03. The van der Waals surface area contributed by atoms with E-state index in [0.29, 0.717) is 30.8 Å². The summed E-state index contributed by atoms with van der Waals surface area (Å²) < 4.78 is 20.8. The molecule has 28 heavy (non-hydrogen) atoms. The van der Waals surface area contributed by atoms with Crippen LogP contribution in [0.1, 0.15) is 16.8 Å². The zero-order chi connectivity index (χ0) is 19.9. The van der Waals surface area contributed by atoms with Gasteiger partial charge in [0, 0.05) is 31.5 Å². The minimum atomic E-state index is -0.684. The van der Waals surface area contributed by atoms with Gasteiger partial charge in [-0.25, -0.2) is 4.39 Å². The standard InChI is InChI=1S/C20H20FN3O4/c1-22-10-14(5-6-17(22)25)19(27)23-8-7-20(12-23)13-24(18(26)11-28-20)16-4-2-3-15(21)9-16/h2-6,9-10H,7-8,11-13H2,1H3. The molecule has 0 aliphatic carbocycles. The van der Waals surface area contributed by atoms with Gasteiger partial charge in [-0.05, 0) is 30.7 Å². The third kappa shape index (κ3) is 3.31. The summed E-state index contributed by atoms with van der Waals surface area (Å²) in [5, 5.41) is 0. The monoisotopic (exact) mass is 385 g/mol. The topological polar surface area (TPSA) is 71.8 Å². The van der Waals surface area contributed by atoms with Gasteiger partial charge < -0.3 is 19.1 Å². The van der Waals surface area contributed by atoms with E-state index in [2.05, 4.69) is 0 Å². The Morgan fingerprint density at radius 2 is 2.00 bits per heavy atom. The van der Waals surface area contributed by atoms with Crippen LogP contribution in [-0.2, 0) is 16.6 Å². The fourth-order valence-corrected chi connectivity index (χ4v) is 3.76. The number of rotatable bonds is 2. The number of hydrogen-bond acceptors (Lipinski definition) is 4. The quantitative estimate of drug-likeness (QED) is 0.778. The van der Waals surface area contributed by atoms with Gasteiger partial charge in [-0.2, -0.15) is 0 Å². The number of morpholine rings is 1. The van der Waals surface area contributed by atoms with Crippen molar-refractivity contribution in [2.45, 2.75) is 12.0 Å². The first kappa shape index (κ1) is 18.4. The first-order chi connectivity index (χ1) is 13.4. The summed E-state index contributed by atoms with van der Waals surface area (Å²) in [5.41, 5.74) is 0.0362. The van der Waals surface area contributed by atoms with Crippen LogP contribution in [0.4, 0.5) is 10.1 Å². The molecule has 0 saturated carbocycles. The van der Waals surface area contributed by atoms with E-state index in [9.17, 15) is 18.8 Å². The fraction of sp³-hybridized carbons (Fsp3) is 0.350. The van der Waals surface area contributed by atoms with Crippen molar-refractivity contribution in [3.05, 3.63) is 64.3 Å². The van der Waals surface area contributed by atoms with Crippen LogP contribution in [0, 0.1) is 5.82 Å². The van der Waals surface area contributed by atoms with Crippen LogP contribution in [0.2, 0.25) is 0 Å². The lowest BCUT2D eigenvalue weighted by atomic mass is 10.00. The number of ether oxygens (including phenoxy) is 1. The number of pyridine rings is 1. The molecule has 0 bridgehead atoms. The number of aryl methyl sites for hydroxylation is 1. The third-order valence-corrected chi connectivity index (χ3v) is 5.31. The van der Waals surface area contributed by atoms with E-state index in [0.717, 1.165) is 0 Å². The summed E-state index contributed by atoms with van der Waals surface area (Å²) in [4.78, 5) is 39.9. The number of nitrogens with zero attached hydrogens (tertiary/aromatic N) is 3. The van der Waals surface area contributed by atoms with Crippen LogP contribution in [0.25, 0.3) is 0 Å². The van der Waals surface area contributed by atoms with E-state index in [4.69, 9.17) is 4.74 Å². The van der Waals surface area contributed by atoms with Crippen LogP contribution in [0.15, 0.2) is 47.4 Å². The predicted octanol–water partition coefficient (Wildman–Crippen LogP) is 1.17. The van der Waals surface area contributed by atoms with Gasteiger partial charge in [0.1, 0.15) is 18.0 Å². The summed E-state index contributed by atoms with van der Waals surface area (Å²) in [5.74, 6) is -0.840. The summed E-state index contributed by atoms with van der Waals surface area (Å²) >= 11 is 0. The van der Waals surface area contributed by atoms with Crippen molar-refractivity contribution in [3.8, 4) is 0 Å². The van der Waals surface area contributed by atoms with Crippen LogP contribution in [0.3, 0.4) is 0 Å². The molecule has 1 spiro atoms. The predicted molar refractivity (Wildman–Crippen MR) is 99.6 cm³/mol. The number of aromatic nitrogens is 1. The van der Waals surface area contributed by atoms with Crippen molar-refractivity contribution in [1.29, 1.82) is 0 Å². The average Bonchev–Trinajstić information content (AvgIpc) is 3.09. The lowest BCUT2D eigenvalue weighted by molar-refractivity contribution is -0.137. The second-order valence-electron chi connectivity index (χ2n) is 7.28. The number of hydrogen-bond donors (Lipinski definition) is 0. The SMILES string of the molecule is Cn1cc(C(=O)N2CCC3(C2)CN(c2cccc(F)c2)C(=O)CO3)ccc1=O. The van der Waals surface area contributed by atoms with Gasteiger partial charge >= 0.3 is 0 Å². The number of benzene rings is 1. The van der Waals surface area contributed by atoms with Crippen molar-refractivity contribution in [2.75, 3.05) is 31.1 Å². The van der Waals surface area contributed by atoms with Gasteiger partial charge in [0.05, 0.1) is 18.7 Å². The fourth-order valence-electron chi connectivity index (χ4n) is 3.76. The minimum absolute atomic E-state index is 0.113. The summed E-state index contributed by atoms with van der Waals surface area (Å²) in [7, 11) is 1.59. The molecule has 2 fully saturated rings. The van der Waals surface area contributed by atoms with Crippen molar-refractivity contribution in [2.24, 2.45) is 7.05 Å². The van der Waals surface area contributed by atoms with Gasteiger partial charge in [-0.3, -0.25) is 14.4 Å². The molecular formula is C20H20FN3O4. The normalized spacial score (nSPS) is 22.1. The average molecular weight is 385 g/mol. The minimum Gasteiger partial charge on any atom is -0.361 e. The Balaban J connectivity index is 1.53. The Hall–Kier alpha value is -3.00. The number of halogens is 1. The highest BCUT2D eigenvalue weighted by atomic mass is 19.1. The number of likely N-dealkylation sites (tertiary alicyclic amines) is 1. The molecule has 0 N–H and O–H groups in total. The summed E-state index contributed by atoms with van der Waals surface area (Å²) in [6.45, 7) is 0.950. The molecule has 2 saturated heterocycles. The molecule has 1 aromatic carbocycles. The Morgan fingerprint density at radius 1 is 1.18 bits per heavy atom. The van der Waals surface area contributed by atoms with E-state index in [-0.39, 0.29) is 30.5 Å². The van der Waals surface area contributed by atoms with Crippen LogP contribution in [0.5, 0.6) is 0 Å². The number of anilines is 1. The maximum absolute atomic E-state index is 13.6. The van der Waals surface area contributed by atoms with E-state index in [1.54, 1.807) is 24.1 Å². The lowest BCUT2D eigenvalue weighted by Gasteiger charge is -2.40. The Bertz CT molecular complexity index is 1000. The van der Waals surface area contributed by atoms with Gasteiger partial charge in [0.25, 0.3) is 11.8 Å². The largest absolute Gasteiger partial charge is 0.361 e. The van der Waals surface area contributed by atoms with Crippen LogP contribution < -0.4 is 10.5 Å². The van der Waals surface area contributed by atoms with Crippen molar-refractivity contribution >= 4 is 17.5 Å². The Morgan fingerprint density at radius 3 is 2.75 bits per heavy atom. The number of carbonyl (C=O) groups is 2. The molecule has 4 rings (SSSR count). The summed E-state index contributed by atoms with van der Waals surface area (Å²) in [6.07, 6.45) is 2.09. The number of carbonyl (C=O) groups excluding carboxylic acids is 2. The maximum atomic E-state index is 13.6. The molecule has 1 atom stereocenters. The summed E-state index contributed by atoms with van der Waals surface area (Å²) in [6, 6.07) is 8.76. The Kier molecular flexibility index (Phi) is 4.50. The molecule has 1 unspecified atom stereocenters. The maximum Gasteiger partial charge on any atom is 0.255 e.